The Labute approximate surface area is 143 Å². The van der Waals surface area contributed by atoms with E-state index in [1.54, 1.807) is 0 Å². The number of nitrogens with zero attached hydrogens (tertiary/aromatic N) is 2. The van der Waals surface area contributed by atoms with Crippen LogP contribution in [-0.4, -0.2) is 36.5 Å². The Bertz CT molecular complexity index is 703. The second-order valence-electron chi connectivity index (χ2n) is 7.03. The lowest BCUT2D eigenvalue weighted by molar-refractivity contribution is -0.107. The Kier molecular flexibility index (Phi) is 4.11. The van der Waals surface area contributed by atoms with Gasteiger partial charge in [-0.1, -0.05) is 48.5 Å². The Morgan fingerprint density at radius 3 is 2.33 bits per heavy atom. The number of amides is 1. The minimum atomic E-state index is 0.199. The number of fused-ring (bicyclic) bond motifs is 1. The van der Waals surface area contributed by atoms with Gasteiger partial charge in [0, 0.05) is 17.6 Å². The van der Waals surface area contributed by atoms with E-state index >= 15 is 0 Å². The summed E-state index contributed by atoms with van der Waals surface area (Å²) in [4.78, 5) is 16.5. The fraction of sp³-hybridized carbons (Fsp3) is 0.381. The first-order valence-electron chi connectivity index (χ1n) is 8.94. The van der Waals surface area contributed by atoms with Gasteiger partial charge in [-0.25, -0.2) is 0 Å². The van der Waals surface area contributed by atoms with E-state index in [0.29, 0.717) is 0 Å². The van der Waals surface area contributed by atoms with Crippen LogP contribution in [0.15, 0.2) is 54.6 Å². The largest absolute Gasteiger partial charge is 0.313 e. The second-order valence-corrected chi connectivity index (χ2v) is 7.03. The van der Waals surface area contributed by atoms with Crippen molar-refractivity contribution in [3.63, 3.8) is 0 Å². The minimum Gasteiger partial charge on any atom is -0.313 e. The van der Waals surface area contributed by atoms with Crippen molar-refractivity contribution in [3.8, 4) is 11.1 Å². The quantitative estimate of drug-likeness (QED) is 0.779. The van der Waals surface area contributed by atoms with E-state index in [4.69, 9.17) is 0 Å². The number of hydrogen-bond donors (Lipinski definition) is 0. The Morgan fingerprint density at radius 1 is 0.958 bits per heavy atom. The van der Waals surface area contributed by atoms with Crippen LogP contribution in [0.5, 0.6) is 0 Å². The van der Waals surface area contributed by atoms with Gasteiger partial charge in [0.05, 0.1) is 5.69 Å². The Morgan fingerprint density at radius 2 is 1.62 bits per heavy atom. The fourth-order valence-corrected chi connectivity index (χ4v) is 4.57. The smallest absolute Gasteiger partial charge is 0.214 e. The van der Waals surface area contributed by atoms with Crippen molar-refractivity contribution in [3.05, 3.63) is 54.6 Å². The number of rotatable bonds is 5. The predicted molar refractivity (Wildman–Crippen MR) is 98.1 cm³/mol. The molecule has 0 unspecified atom stereocenters. The van der Waals surface area contributed by atoms with Crippen LogP contribution in [0.25, 0.3) is 11.1 Å². The molecular formula is C21H24N2O. The zero-order valence-corrected chi connectivity index (χ0v) is 14.0. The van der Waals surface area contributed by atoms with Gasteiger partial charge in [0.1, 0.15) is 0 Å². The average Bonchev–Trinajstić information content (AvgIpc) is 3.20. The molecule has 2 saturated heterocycles. The lowest BCUT2D eigenvalue weighted by Gasteiger charge is -2.36. The molecule has 24 heavy (non-hydrogen) atoms. The lowest BCUT2D eigenvalue weighted by Crippen LogP contribution is -2.48. The molecule has 2 aliphatic rings. The first-order chi connectivity index (χ1) is 11.8. The van der Waals surface area contributed by atoms with Crippen molar-refractivity contribution in [1.82, 2.24) is 4.90 Å². The van der Waals surface area contributed by atoms with Crippen LogP contribution in [0, 0.1) is 0 Å². The van der Waals surface area contributed by atoms with E-state index in [-0.39, 0.29) is 5.54 Å². The van der Waals surface area contributed by atoms with Gasteiger partial charge in [0.15, 0.2) is 0 Å². The van der Waals surface area contributed by atoms with Crippen LogP contribution < -0.4 is 4.90 Å². The third-order valence-corrected chi connectivity index (χ3v) is 5.70. The molecule has 0 N–H and O–H groups in total. The third-order valence-electron chi connectivity index (χ3n) is 5.70. The molecule has 3 nitrogen and oxygen atoms in total. The van der Waals surface area contributed by atoms with E-state index < -0.39 is 0 Å². The number of benzene rings is 2. The van der Waals surface area contributed by atoms with Crippen LogP contribution >= 0.6 is 0 Å². The zero-order chi connectivity index (χ0) is 16.4. The molecule has 2 aromatic rings. The molecule has 124 valence electrons. The summed E-state index contributed by atoms with van der Waals surface area (Å²) in [5.74, 6) is 0. The number of hydrogen-bond acceptors (Lipinski definition) is 2. The summed E-state index contributed by atoms with van der Waals surface area (Å²) < 4.78 is 0. The van der Waals surface area contributed by atoms with Gasteiger partial charge in [-0.05, 0) is 50.4 Å². The molecule has 0 spiro atoms. The van der Waals surface area contributed by atoms with Crippen molar-refractivity contribution in [2.75, 3.05) is 24.5 Å². The molecule has 3 heteroatoms. The van der Waals surface area contributed by atoms with E-state index in [0.717, 1.165) is 29.8 Å². The highest BCUT2D eigenvalue weighted by Crippen LogP contribution is 2.41. The first kappa shape index (κ1) is 15.4. The number of carbonyl (C=O) groups excluding carboxylic acids is 1. The summed E-state index contributed by atoms with van der Waals surface area (Å²) in [5, 5.41) is 0. The molecular weight excluding hydrogens is 296 g/mol. The van der Waals surface area contributed by atoms with Gasteiger partial charge in [-0.2, -0.15) is 0 Å². The van der Waals surface area contributed by atoms with Crippen molar-refractivity contribution in [1.29, 1.82) is 0 Å². The summed E-state index contributed by atoms with van der Waals surface area (Å²) >= 11 is 0. The number of carbonyl (C=O) groups is 1. The maximum Gasteiger partial charge on any atom is 0.214 e. The first-order valence-corrected chi connectivity index (χ1v) is 8.94. The molecule has 0 aliphatic carbocycles. The highest BCUT2D eigenvalue weighted by molar-refractivity contribution is 5.87. The van der Waals surface area contributed by atoms with Crippen molar-refractivity contribution >= 4 is 12.1 Å². The van der Waals surface area contributed by atoms with Gasteiger partial charge >= 0.3 is 0 Å². The maximum atomic E-state index is 12.0. The molecule has 4 rings (SSSR count). The Balaban J connectivity index is 1.68. The van der Waals surface area contributed by atoms with Crippen LogP contribution in [0.2, 0.25) is 0 Å². The monoisotopic (exact) mass is 320 g/mol. The van der Waals surface area contributed by atoms with Gasteiger partial charge in [0.25, 0.3) is 0 Å². The van der Waals surface area contributed by atoms with Crippen molar-refractivity contribution in [2.45, 2.75) is 31.2 Å². The van der Waals surface area contributed by atoms with Gasteiger partial charge in [0.2, 0.25) is 6.41 Å². The van der Waals surface area contributed by atoms with E-state index in [1.165, 1.54) is 38.8 Å². The van der Waals surface area contributed by atoms with Crippen LogP contribution in [0.3, 0.4) is 0 Å². The highest BCUT2D eigenvalue weighted by atomic mass is 16.1. The van der Waals surface area contributed by atoms with Gasteiger partial charge in [-0.15, -0.1) is 0 Å². The highest BCUT2D eigenvalue weighted by Gasteiger charge is 2.45. The normalized spacial score (nSPS) is 19.2. The van der Waals surface area contributed by atoms with Crippen LogP contribution in [0.4, 0.5) is 5.69 Å². The molecule has 0 atom stereocenters. The van der Waals surface area contributed by atoms with Crippen molar-refractivity contribution in [2.24, 2.45) is 0 Å². The second kappa shape index (κ2) is 6.40. The maximum absolute atomic E-state index is 12.0. The zero-order valence-electron chi connectivity index (χ0n) is 14.0. The summed E-state index contributed by atoms with van der Waals surface area (Å²) in [7, 11) is 0. The minimum absolute atomic E-state index is 0.199. The molecule has 2 heterocycles. The molecule has 0 saturated carbocycles. The van der Waals surface area contributed by atoms with E-state index in [1.807, 2.05) is 35.2 Å². The summed E-state index contributed by atoms with van der Waals surface area (Å²) in [5.41, 5.74) is 3.51. The summed E-state index contributed by atoms with van der Waals surface area (Å²) in [6, 6.07) is 18.6. The third kappa shape index (κ3) is 2.63. The molecule has 2 aromatic carbocycles. The standard InChI is InChI=1S/C21H24N2O/c24-17-22(16-21-12-6-14-23(21)15-7-13-21)20-11-5-4-10-19(20)18-8-2-1-3-9-18/h1-5,8-11,17H,6-7,12-16H2. The number of para-hydroxylation sites is 1. The molecule has 2 fully saturated rings. The van der Waals surface area contributed by atoms with E-state index in [2.05, 4.69) is 29.2 Å². The Hall–Kier alpha value is -2.13. The molecule has 0 radical (unpaired) electrons. The average molecular weight is 320 g/mol. The number of anilines is 1. The predicted octanol–water partition coefficient (Wildman–Crippen LogP) is 3.94. The van der Waals surface area contributed by atoms with E-state index in [9.17, 15) is 4.79 Å². The van der Waals surface area contributed by atoms with Gasteiger partial charge < -0.3 is 4.90 Å². The SMILES string of the molecule is O=CN(CC12CCCN1CCC2)c1ccccc1-c1ccccc1. The molecule has 0 bridgehead atoms. The molecule has 1 amide bonds. The van der Waals surface area contributed by atoms with Crippen LogP contribution in [0.1, 0.15) is 25.7 Å². The molecule has 0 aromatic heterocycles. The van der Waals surface area contributed by atoms with Gasteiger partial charge in [-0.3, -0.25) is 9.69 Å². The van der Waals surface area contributed by atoms with Crippen molar-refractivity contribution < 1.29 is 4.79 Å². The summed E-state index contributed by atoms with van der Waals surface area (Å²) in [6.07, 6.45) is 5.96. The molecule has 2 aliphatic heterocycles. The van der Waals surface area contributed by atoms with Crippen LogP contribution in [-0.2, 0) is 4.79 Å². The lowest BCUT2D eigenvalue weighted by atomic mass is 9.92. The topological polar surface area (TPSA) is 23.6 Å². The summed E-state index contributed by atoms with van der Waals surface area (Å²) in [6.45, 7) is 3.18. The fourth-order valence-electron chi connectivity index (χ4n) is 4.57.